The molecule has 1 aromatic rings. The predicted molar refractivity (Wildman–Crippen MR) is 67.3 cm³/mol. The first kappa shape index (κ1) is 11.7. The van der Waals surface area contributed by atoms with Gasteiger partial charge < -0.3 is 10.2 Å². The quantitative estimate of drug-likeness (QED) is 0.474. The van der Waals surface area contributed by atoms with Crippen LogP contribution in [-0.4, -0.2) is 10.9 Å². The van der Waals surface area contributed by atoms with Crippen molar-refractivity contribution in [3.63, 3.8) is 0 Å². The van der Waals surface area contributed by atoms with Gasteiger partial charge in [0.1, 0.15) is 0 Å². The lowest BCUT2D eigenvalue weighted by atomic mass is 10.2. The summed E-state index contributed by atoms with van der Waals surface area (Å²) in [5.41, 5.74) is 2.92. The van der Waals surface area contributed by atoms with Crippen molar-refractivity contribution in [1.29, 1.82) is 0 Å². The van der Waals surface area contributed by atoms with Crippen LogP contribution in [0.5, 0.6) is 0 Å². The summed E-state index contributed by atoms with van der Waals surface area (Å²) in [7, 11) is 0. The molecule has 0 radical (unpaired) electrons. The zero-order valence-corrected chi connectivity index (χ0v) is 9.89. The SMILES string of the molecule is CC(C)=NOC(=S)Nc1ccc(C)cc1. The van der Waals surface area contributed by atoms with Crippen molar-refractivity contribution in [2.45, 2.75) is 20.8 Å². The molecule has 3 nitrogen and oxygen atoms in total. The van der Waals surface area contributed by atoms with Gasteiger partial charge in [-0.1, -0.05) is 22.9 Å². The molecule has 1 aromatic carbocycles. The van der Waals surface area contributed by atoms with Gasteiger partial charge in [-0.2, -0.15) is 0 Å². The van der Waals surface area contributed by atoms with E-state index in [1.54, 1.807) is 0 Å². The Morgan fingerprint density at radius 2 is 1.87 bits per heavy atom. The fraction of sp³-hybridized carbons (Fsp3) is 0.273. The number of rotatable bonds is 2. The van der Waals surface area contributed by atoms with E-state index in [0.29, 0.717) is 0 Å². The zero-order chi connectivity index (χ0) is 11.3. The van der Waals surface area contributed by atoms with Gasteiger partial charge in [0, 0.05) is 5.69 Å². The van der Waals surface area contributed by atoms with Gasteiger partial charge in [-0.3, -0.25) is 0 Å². The molecule has 0 aromatic heterocycles. The topological polar surface area (TPSA) is 33.6 Å². The monoisotopic (exact) mass is 222 g/mol. The molecule has 15 heavy (non-hydrogen) atoms. The molecule has 0 saturated carbocycles. The Morgan fingerprint density at radius 1 is 1.27 bits per heavy atom. The van der Waals surface area contributed by atoms with E-state index in [0.717, 1.165) is 11.4 Å². The molecule has 0 atom stereocenters. The van der Waals surface area contributed by atoms with E-state index in [2.05, 4.69) is 10.5 Å². The van der Waals surface area contributed by atoms with E-state index in [4.69, 9.17) is 17.1 Å². The normalized spacial score (nSPS) is 9.27. The van der Waals surface area contributed by atoms with Gasteiger partial charge in [-0.25, -0.2) is 0 Å². The molecule has 0 heterocycles. The van der Waals surface area contributed by atoms with Crippen molar-refractivity contribution in [1.82, 2.24) is 0 Å². The molecule has 4 heteroatoms. The number of thiocarbonyl (C=S) groups is 1. The smallest absolute Gasteiger partial charge is 0.293 e. The number of nitrogens with zero attached hydrogens (tertiary/aromatic N) is 1. The lowest BCUT2D eigenvalue weighted by molar-refractivity contribution is 0.336. The molecule has 80 valence electrons. The van der Waals surface area contributed by atoms with Crippen molar-refractivity contribution in [3.05, 3.63) is 29.8 Å². The van der Waals surface area contributed by atoms with Crippen molar-refractivity contribution < 1.29 is 4.84 Å². The highest BCUT2D eigenvalue weighted by atomic mass is 32.1. The second kappa shape index (κ2) is 5.46. The zero-order valence-electron chi connectivity index (χ0n) is 9.07. The molecule has 0 saturated heterocycles. The molecular formula is C11H14N2OS. The summed E-state index contributed by atoms with van der Waals surface area (Å²) in [6.07, 6.45) is 0. The van der Waals surface area contributed by atoms with Crippen molar-refractivity contribution in [3.8, 4) is 0 Å². The van der Waals surface area contributed by atoms with Gasteiger partial charge in [0.25, 0.3) is 5.17 Å². The lowest BCUT2D eigenvalue weighted by Gasteiger charge is -2.05. The number of aryl methyl sites for hydroxylation is 1. The average Bonchev–Trinajstić information content (AvgIpc) is 2.19. The molecule has 0 spiro atoms. The number of hydrogen-bond donors (Lipinski definition) is 1. The van der Waals surface area contributed by atoms with Crippen LogP contribution in [0, 0.1) is 6.92 Å². The Kier molecular flexibility index (Phi) is 4.24. The highest BCUT2D eigenvalue weighted by molar-refractivity contribution is 7.80. The molecule has 0 unspecified atom stereocenters. The maximum Gasteiger partial charge on any atom is 0.293 e. The van der Waals surface area contributed by atoms with Gasteiger partial charge >= 0.3 is 0 Å². The van der Waals surface area contributed by atoms with Gasteiger partial charge in [-0.15, -0.1) is 0 Å². The predicted octanol–water partition coefficient (Wildman–Crippen LogP) is 3.10. The Bertz CT molecular complexity index is 367. The Labute approximate surface area is 95.1 Å². The minimum absolute atomic E-state index is 0.250. The van der Waals surface area contributed by atoms with E-state index in [1.165, 1.54) is 5.56 Å². The first-order chi connectivity index (χ1) is 7.08. The molecule has 0 amide bonds. The van der Waals surface area contributed by atoms with E-state index >= 15 is 0 Å². The first-order valence-corrected chi connectivity index (χ1v) is 5.04. The van der Waals surface area contributed by atoms with Crippen LogP contribution in [0.25, 0.3) is 0 Å². The molecule has 1 N–H and O–H groups in total. The summed E-state index contributed by atoms with van der Waals surface area (Å²) in [6.45, 7) is 5.71. The summed E-state index contributed by atoms with van der Waals surface area (Å²) < 4.78 is 0. The second-order valence-corrected chi connectivity index (χ2v) is 3.78. The number of hydrogen-bond acceptors (Lipinski definition) is 3. The second-order valence-electron chi connectivity index (χ2n) is 3.41. The van der Waals surface area contributed by atoms with Crippen molar-refractivity contribution in [2.75, 3.05) is 5.32 Å². The lowest BCUT2D eigenvalue weighted by Crippen LogP contribution is -2.10. The van der Waals surface area contributed by atoms with Crippen LogP contribution in [0.4, 0.5) is 5.69 Å². The van der Waals surface area contributed by atoms with Gasteiger partial charge in [-0.05, 0) is 45.1 Å². The van der Waals surface area contributed by atoms with Crippen LogP contribution in [0.2, 0.25) is 0 Å². The first-order valence-electron chi connectivity index (χ1n) is 4.64. The van der Waals surface area contributed by atoms with Crippen LogP contribution in [0.15, 0.2) is 29.4 Å². The summed E-state index contributed by atoms with van der Waals surface area (Å²) in [5.74, 6) is 0. The third-order valence-electron chi connectivity index (χ3n) is 1.61. The fourth-order valence-corrected chi connectivity index (χ4v) is 1.07. The van der Waals surface area contributed by atoms with Crippen molar-refractivity contribution in [2.24, 2.45) is 5.16 Å². The Morgan fingerprint density at radius 3 is 2.40 bits per heavy atom. The van der Waals surface area contributed by atoms with Crippen molar-refractivity contribution >= 4 is 28.8 Å². The minimum atomic E-state index is 0.250. The van der Waals surface area contributed by atoms with Crippen LogP contribution >= 0.6 is 12.2 Å². The van der Waals surface area contributed by atoms with Crippen LogP contribution in [0.3, 0.4) is 0 Å². The number of nitrogens with one attached hydrogen (secondary N) is 1. The average molecular weight is 222 g/mol. The molecule has 0 aliphatic carbocycles. The third-order valence-corrected chi connectivity index (χ3v) is 1.79. The molecule has 0 aliphatic heterocycles. The molecule has 1 rings (SSSR count). The maximum atomic E-state index is 4.95. The molecule has 0 fully saturated rings. The highest BCUT2D eigenvalue weighted by Gasteiger charge is 1.97. The number of benzene rings is 1. The summed E-state index contributed by atoms with van der Waals surface area (Å²) in [6, 6.07) is 7.87. The van der Waals surface area contributed by atoms with Gasteiger partial charge in [0.2, 0.25) is 0 Å². The largest absolute Gasteiger partial charge is 0.326 e. The fourth-order valence-electron chi connectivity index (χ4n) is 0.910. The number of anilines is 1. The Hall–Kier alpha value is -1.42. The van der Waals surface area contributed by atoms with Gasteiger partial charge in [0.05, 0.1) is 5.71 Å². The highest BCUT2D eigenvalue weighted by Crippen LogP contribution is 2.08. The summed E-state index contributed by atoms with van der Waals surface area (Å²) in [5, 5.41) is 6.93. The third kappa shape index (κ3) is 4.56. The molecular weight excluding hydrogens is 208 g/mol. The van der Waals surface area contributed by atoms with E-state index in [-0.39, 0.29) is 5.17 Å². The standard InChI is InChI=1S/C11H14N2OS/c1-8(2)13-14-11(15)12-10-6-4-9(3)5-7-10/h4-7H,1-3H3,(H,12,15). The molecule has 0 bridgehead atoms. The molecule has 0 aliphatic rings. The maximum absolute atomic E-state index is 4.95. The summed E-state index contributed by atoms with van der Waals surface area (Å²) in [4.78, 5) is 4.95. The van der Waals surface area contributed by atoms with Crippen LogP contribution < -0.4 is 5.32 Å². The minimum Gasteiger partial charge on any atom is -0.326 e. The summed E-state index contributed by atoms with van der Waals surface area (Å²) >= 11 is 4.95. The van der Waals surface area contributed by atoms with E-state index in [1.807, 2.05) is 45.0 Å². The van der Waals surface area contributed by atoms with Gasteiger partial charge in [0.15, 0.2) is 0 Å². The van der Waals surface area contributed by atoms with Crippen LogP contribution in [0.1, 0.15) is 19.4 Å². The van der Waals surface area contributed by atoms with Crippen LogP contribution in [-0.2, 0) is 4.84 Å². The van der Waals surface area contributed by atoms with E-state index < -0.39 is 0 Å². The Balaban J connectivity index is 2.51. The number of oxime groups is 1. The van der Waals surface area contributed by atoms with E-state index in [9.17, 15) is 0 Å².